The zero-order valence-electron chi connectivity index (χ0n) is 11.5. The molecule has 1 heterocycles. The quantitative estimate of drug-likeness (QED) is 0.778. The number of nitrogens with one attached hydrogen (secondary N) is 1. The lowest BCUT2D eigenvalue weighted by Gasteiger charge is -2.08. The molecule has 1 aromatic heterocycles. The Bertz CT molecular complexity index is 586. The van der Waals surface area contributed by atoms with Crippen LogP contribution in [-0.2, 0) is 6.54 Å². The minimum Gasteiger partial charge on any atom is -0.491 e. The lowest BCUT2D eigenvalue weighted by Crippen LogP contribution is -2.25. The van der Waals surface area contributed by atoms with Crippen LogP contribution < -0.4 is 10.1 Å². The minimum atomic E-state index is 0.539. The van der Waals surface area contributed by atoms with Gasteiger partial charge in [-0.2, -0.15) is 10.4 Å². The molecule has 2 aromatic rings. The summed E-state index contributed by atoms with van der Waals surface area (Å²) in [4.78, 5) is 0. The van der Waals surface area contributed by atoms with Crippen molar-refractivity contribution in [2.24, 2.45) is 0 Å². The van der Waals surface area contributed by atoms with Crippen molar-refractivity contribution in [2.75, 3.05) is 19.7 Å². The van der Waals surface area contributed by atoms with E-state index in [4.69, 9.17) is 10.00 Å². The van der Waals surface area contributed by atoms with Gasteiger partial charge in [-0.3, -0.25) is 4.68 Å². The summed E-state index contributed by atoms with van der Waals surface area (Å²) in [5, 5.41) is 16.4. The van der Waals surface area contributed by atoms with Gasteiger partial charge in [0.25, 0.3) is 0 Å². The largest absolute Gasteiger partial charge is 0.491 e. The molecule has 20 heavy (non-hydrogen) atoms. The van der Waals surface area contributed by atoms with E-state index in [1.54, 1.807) is 6.07 Å². The summed E-state index contributed by atoms with van der Waals surface area (Å²) < 4.78 is 7.49. The van der Waals surface area contributed by atoms with E-state index in [-0.39, 0.29) is 0 Å². The van der Waals surface area contributed by atoms with Crippen LogP contribution in [0.3, 0.4) is 0 Å². The Labute approximate surface area is 118 Å². The Hall–Kier alpha value is -2.32. The van der Waals surface area contributed by atoms with E-state index in [2.05, 4.69) is 16.5 Å². The van der Waals surface area contributed by atoms with Crippen molar-refractivity contribution >= 4 is 0 Å². The van der Waals surface area contributed by atoms with Crippen LogP contribution in [0.15, 0.2) is 36.7 Å². The third-order valence-corrected chi connectivity index (χ3v) is 2.82. The van der Waals surface area contributed by atoms with Crippen molar-refractivity contribution in [1.82, 2.24) is 15.1 Å². The fourth-order valence-corrected chi connectivity index (χ4v) is 1.83. The van der Waals surface area contributed by atoms with E-state index in [0.717, 1.165) is 19.6 Å². The van der Waals surface area contributed by atoms with Crippen LogP contribution in [0.4, 0.5) is 0 Å². The zero-order valence-corrected chi connectivity index (χ0v) is 11.5. The monoisotopic (exact) mass is 270 g/mol. The number of nitriles is 1. The number of aromatic nitrogens is 2. The van der Waals surface area contributed by atoms with Crippen molar-refractivity contribution in [3.05, 3.63) is 47.8 Å². The average molecular weight is 270 g/mol. The molecule has 0 saturated carbocycles. The molecule has 5 nitrogen and oxygen atoms in total. The number of rotatable bonds is 7. The molecular formula is C15H18N4O. The molecule has 1 N–H and O–H groups in total. The van der Waals surface area contributed by atoms with Gasteiger partial charge in [0.15, 0.2) is 0 Å². The fourth-order valence-electron chi connectivity index (χ4n) is 1.83. The van der Waals surface area contributed by atoms with Crippen LogP contribution in [0.1, 0.15) is 11.1 Å². The topological polar surface area (TPSA) is 62.9 Å². The molecule has 104 valence electrons. The van der Waals surface area contributed by atoms with E-state index in [1.807, 2.05) is 42.2 Å². The van der Waals surface area contributed by atoms with Crippen LogP contribution >= 0.6 is 0 Å². The number of aryl methyl sites for hydroxylation is 1. The second-order valence-electron chi connectivity index (χ2n) is 4.49. The Kier molecular flexibility index (Phi) is 5.15. The first-order valence-electron chi connectivity index (χ1n) is 6.61. The van der Waals surface area contributed by atoms with Gasteiger partial charge in [0, 0.05) is 19.3 Å². The molecule has 0 aliphatic rings. The molecule has 0 spiro atoms. The first-order valence-corrected chi connectivity index (χ1v) is 6.61. The second kappa shape index (κ2) is 7.31. The van der Waals surface area contributed by atoms with E-state index >= 15 is 0 Å². The highest BCUT2D eigenvalue weighted by atomic mass is 16.5. The standard InChI is InChI=1S/C15H18N4O/c1-13-11-18-19(12-13)8-6-17-7-9-20-15-5-3-2-4-14(15)10-16/h2-5,11-12,17H,6-9H2,1H3. The SMILES string of the molecule is Cc1cnn(CCNCCOc2ccccc2C#N)c1. The Morgan fingerprint density at radius 2 is 2.20 bits per heavy atom. The summed E-state index contributed by atoms with van der Waals surface area (Å²) in [7, 11) is 0. The number of para-hydroxylation sites is 1. The van der Waals surface area contributed by atoms with Crippen LogP contribution in [-0.4, -0.2) is 29.5 Å². The predicted octanol–water partition coefficient (Wildman–Crippen LogP) is 1.73. The lowest BCUT2D eigenvalue weighted by molar-refractivity contribution is 0.311. The highest BCUT2D eigenvalue weighted by Gasteiger charge is 2.00. The summed E-state index contributed by atoms with van der Waals surface area (Å²) >= 11 is 0. The van der Waals surface area contributed by atoms with Gasteiger partial charge in [0.1, 0.15) is 18.4 Å². The minimum absolute atomic E-state index is 0.539. The first-order chi connectivity index (χ1) is 9.79. The zero-order chi connectivity index (χ0) is 14.2. The second-order valence-corrected chi connectivity index (χ2v) is 4.49. The van der Waals surface area contributed by atoms with Gasteiger partial charge in [-0.05, 0) is 24.6 Å². The van der Waals surface area contributed by atoms with Crippen LogP contribution in [0.25, 0.3) is 0 Å². The maximum absolute atomic E-state index is 8.93. The predicted molar refractivity (Wildman–Crippen MR) is 76.5 cm³/mol. The Morgan fingerprint density at radius 1 is 1.35 bits per heavy atom. The van der Waals surface area contributed by atoms with Gasteiger partial charge in [-0.25, -0.2) is 0 Å². The molecule has 0 amide bonds. The number of ether oxygens (including phenoxy) is 1. The molecule has 0 atom stereocenters. The number of hydrogen-bond donors (Lipinski definition) is 1. The third-order valence-electron chi connectivity index (χ3n) is 2.82. The fraction of sp³-hybridized carbons (Fsp3) is 0.333. The maximum atomic E-state index is 8.93. The summed E-state index contributed by atoms with van der Waals surface area (Å²) in [6.07, 6.45) is 3.86. The van der Waals surface area contributed by atoms with Crippen LogP contribution in [0.2, 0.25) is 0 Å². The van der Waals surface area contributed by atoms with Crippen molar-refractivity contribution in [2.45, 2.75) is 13.5 Å². The molecule has 5 heteroatoms. The first kappa shape index (κ1) is 14.1. The molecule has 0 fully saturated rings. The van der Waals surface area contributed by atoms with Crippen molar-refractivity contribution < 1.29 is 4.74 Å². The molecule has 2 rings (SSSR count). The summed E-state index contributed by atoms with van der Waals surface area (Å²) in [5.74, 6) is 0.638. The Morgan fingerprint density at radius 3 is 2.95 bits per heavy atom. The van der Waals surface area contributed by atoms with Gasteiger partial charge in [-0.1, -0.05) is 12.1 Å². The van der Waals surface area contributed by atoms with E-state index in [9.17, 15) is 0 Å². The molecule has 0 radical (unpaired) electrons. The molecule has 0 unspecified atom stereocenters. The van der Waals surface area contributed by atoms with Gasteiger partial charge in [-0.15, -0.1) is 0 Å². The average Bonchev–Trinajstić information content (AvgIpc) is 2.88. The van der Waals surface area contributed by atoms with Gasteiger partial charge in [0.2, 0.25) is 0 Å². The van der Waals surface area contributed by atoms with Crippen molar-refractivity contribution in [3.8, 4) is 11.8 Å². The molecule has 0 saturated heterocycles. The Balaban J connectivity index is 1.63. The van der Waals surface area contributed by atoms with Gasteiger partial charge < -0.3 is 10.1 Å². The maximum Gasteiger partial charge on any atom is 0.137 e. The molecule has 0 bridgehead atoms. The molecule has 1 aromatic carbocycles. The van der Waals surface area contributed by atoms with Crippen molar-refractivity contribution in [1.29, 1.82) is 5.26 Å². The van der Waals surface area contributed by atoms with Gasteiger partial charge in [0.05, 0.1) is 18.3 Å². The molecule has 0 aliphatic heterocycles. The highest BCUT2D eigenvalue weighted by molar-refractivity contribution is 5.42. The van der Waals surface area contributed by atoms with Crippen molar-refractivity contribution in [3.63, 3.8) is 0 Å². The van der Waals surface area contributed by atoms with Crippen LogP contribution in [0, 0.1) is 18.3 Å². The van der Waals surface area contributed by atoms with Gasteiger partial charge >= 0.3 is 0 Å². The summed E-state index contributed by atoms with van der Waals surface area (Å²) in [5.41, 5.74) is 1.74. The summed E-state index contributed by atoms with van der Waals surface area (Å²) in [6, 6.07) is 9.37. The number of nitrogens with zero attached hydrogens (tertiary/aromatic N) is 3. The normalized spacial score (nSPS) is 10.2. The van der Waals surface area contributed by atoms with E-state index < -0.39 is 0 Å². The lowest BCUT2D eigenvalue weighted by atomic mass is 10.2. The third kappa shape index (κ3) is 4.11. The van der Waals surface area contributed by atoms with E-state index in [1.165, 1.54) is 5.56 Å². The molecule has 0 aliphatic carbocycles. The number of hydrogen-bond acceptors (Lipinski definition) is 4. The highest BCUT2D eigenvalue weighted by Crippen LogP contribution is 2.15. The number of benzene rings is 1. The smallest absolute Gasteiger partial charge is 0.137 e. The summed E-state index contributed by atoms with van der Waals surface area (Å²) in [6.45, 7) is 4.97. The molecular weight excluding hydrogens is 252 g/mol. The van der Waals surface area contributed by atoms with Crippen LogP contribution in [0.5, 0.6) is 5.75 Å². The van der Waals surface area contributed by atoms with E-state index in [0.29, 0.717) is 17.9 Å².